The molecular weight excluding hydrogens is 399 g/mol. The number of nitro benzene ring substituents is 1. The highest BCUT2D eigenvalue weighted by atomic mass is 35.5. The van der Waals surface area contributed by atoms with Crippen LogP contribution < -0.4 is 10.1 Å². The predicted octanol–water partition coefficient (Wildman–Crippen LogP) is 4.09. The lowest BCUT2D eigenvalue weighted by atomic mass is 10.2. The van der Waals surface area contributed by atoms with E-state index in [9.17, 15) is 19.7 Å². The summed E-state index contributed by atoms with van der Waals surface area (Å²) in [5, 5.41) is 13.8. The van der Waals surface area contributed by atoms with Crippen LogP contribution in [0.2, 0.25) is 10.0 Å². The number of ether oxygens (including phenoxy) is 2. The molecule has 0 radical (unpaired) electrons. The fourth-order valence-corrected chi connectivity index (χ4v) is 2.34. The van der Waals surface area contributed by atoms with Crippen LogP contribution in [0.5, 0.6) is 5.75 Å². The molecule has 1 amide bonds. The van der Waals surface area contributed by atoms with E-state index in [0.717, 1.165) is 6.07 Å². The van der Waals surface area contributed by atoms with Crippen molar-refractivity contribution < 1.29 is 24.0 Å². The molecule has 0 fully saturated rings. The molecule has 0 aliphatic rings. The molecule has 0 aliphatic carbocycles. The molecule has 0 aromatic heterocycles. The molecular formula is C17H14Cl2N2O6. The molecule has 2 aromatic rings. The first-order valence-electron chi connectivity index (χ1n) is 7.52. The summed E-state index contributed by atoms with van der Waals surface area (Å²) in [6.07, 6.45) is -1.18. The van der Waals surface area contributed by atoms with Crippen LogP contribution in [0, 0.1) is 10.1 Å². The van der Waals surface area contributed by atoms with Gasteiger partial charge in [0.2, 0.25) is 0 Å². The van der Waals surface area contributed by atoms with E-state index in [2.05, 4.69) is 5.32 Å². The number of nitro groups is 1. The third-order valence-electron chi connectivity index (χ3n) is 3.46. The second kappa shape index (κ2) is 8.70. The molecule has 1 atom stereocenters. The number of anilines is 1. The number of carbonyl (C=O) groups excluding carboxylic acids is 2. The SMILES string of the molecule is COc1ccc([N+](=O)[O-])cc1NC(=O)[C@@H](C)OC(=O)c1ccc(Cl)c(Cl)c1. The molecule has 10 heteroatoms. The number of methoxy groups -OCH3 is 1. The molecule has 0 saturated carbocycles. The molecule has 27 heavy (non-hydrogen) atoms. The van der Waals surface area contributed by atoms with Gasteiger partial charge < -0.3 is 14.8 Å². The number of nitrogens with zero attached hydrogens (tertiary/aromatic N) is 1. The van der Waals surface area contributed by atoms with Gasteiger partial charge in [0, 0.05) is 12.1 Å². The zero-order valence-electron chi connectivity index (χ0n) is 14.2. The van der Waals surface area contributed by atoms with Gasteiger partial charge in [-0.25, -0.2) is 4.79 Å². The van der Waals surface area contributed by atoms with E-state index in [1.165, 1.54) is 44.4 Å². The number of nitrogens with one attached hydrogen (secondary N) is 1. The highest BCUT2D eigenvalue weighted by molar-refractivity contribution is 6.42. The van der Waals surface area contributed by atoms with Crippen LogP contribution in [0.1, 0.15) is 17.3 Å². The maximum Gasteiger partial charge on any atom is 0.338 e. The van der Waals surface area contributed by atoms with Crippen molar-refractivity contribution >= 4 is 46.5 Å². The average Bonchev–Trinajstić information content (AvgIpc) is 2.63. The Hall–Kier alpha value is -2.84. The Kier molecular flexibility index (Phi) is 6.59. The number of hydrogen-bond donors (Lipinski definition) is 1. The topological polar surface area (TPSA) is 108 Å². The van der Waals surface area contributed by atoms with Crippen molar-refractivity contribution in [1.82, 2.24) is 0 Å². The Morgan fingerprint density at radius 1 is 1.15 bits per heavy atom. The molecule has 8 nitrogen and oxygen atoms in total. The summed E-state index contributed by atoms with van der Waals surface area (Å²) in [5.74, 6) is -1.25. The van der Waals surface area contributed by atoms with Crippen molar-refractivity contribution in [2.75, 3.05) is 12.4 Å². The van der Waals surface area contributed by atoms with E-state index in [-0.39, 0.29) is 32.7 Å². The molecule has 0 unspecified atom stereocenters. The largest absolute Gasteiger partial charge is 0.495 e. The van der Waals surface area contributed by atoms with Gasteiger partial charge in [-0.05, 0) is 31.2 Å². The Balaban J connectivity index is 2.11. The standard InChI is InChI=1S/C17H14Cl2N2O6/c1-9(27-17(23)10-3-5-12(18)13(19)7-10)16(22)20-14-8-11(21(24)25)4-6-15(14)26-2/h3-9H,1-2H3,(H,20,22)/t9-/m1/s1. The number of carbonyl (C=O) groups is 2. The van der Waals surface area contributed by atoms with E-state index in [1.807, 2.05) is 0 Å². The van der Waals surface area contributed by atoms with Crippen LogP contribution in [0.4, 0.5) is 11.4 Å². The second-order valence-electron chi connectivity index (χ2n) is 5.31. The molecule has 1 N–H and O–H groups in total. The van der Waals surface area contributed by atoms with Crippen molar-refractivity contribution in [1.29, 1.82) is 0 Å². The van der Waals surface area contributed by atoms with Crippen molar-refractivity contribution in [3.63, 3.8) is 0 Å². The molecule has 2 aromatic carbocycles. The number of esters is 1. The van der Waals surface area contributed by atoms with Crippen LogP contribution in [0.25, 0.3) is 0 Å². The maximum atomic E-state index is 12.3. The van der Waals surface area contributed by atoms with Gasteiger partial charge in [0.25, 0.3) is 11.6 Å². The van der Waals surface area contributed by atoms with E-state index in [4.69, 9.17) is 32.7 Å². The molecule has 0 saturated heterocycles. The smallest absolute Gasteiger partial charge is 0.338 e. The van der Waals surface area contributed by atoms with Crippen LogP contribution in [-0.2, 0) is 9.53 Å². The first-order chi connectivity index (χ1) is 12.7. The summed E-state index contributed by atoms with van der Waals surface area (Å²) < 4.78 is 10.2. The fourth-order valence-electron chi connectivity index (χ4n) is 2.05. The van der Waals surface area contributed by atoms with Gasteiger partial charge in [-0.2, -0.15) is 0 Å². The van der Waals surface area contributed by atoms with E-state index >= 15 is 0 Å². The van der Waals surface area contributed by atoms with Gasteiger partial charge >= 0.3 is 5.97 Å². The molecule has 0 heterocycles. The summed E-state index contributed by atoms with van der Waals surface area (Å²) in [6.45, 7) is 1.36. The molecule has 0 aliphatic heterocycles. The quantitative estimate of drug-likeness (QED) is 0.434. The van der Waals surface area contributed by atoms with Gasteiger partial charge in [0.15, 0.2) is 6.10 Å². The van der Waals surface area contributed by atoms with Crippen molar-refractivity contribution in [3.8, 4) is 5.75 Å². The summed E-state index contributed by atoms with van der Waals surface area (Å²) in [6, 6.07) is 7.89. The monoisotopic (exact) mass is 412 g/mol. The normalized spacial score (nSPS) is 11.4. The third-order valence-corrected chi connectivity index (χ3v) is 4.20. The number of amides is 1. The lowest BCUT2D eigenvalue weighted by Crippen LogP contribution is -2.30. The lowest BCUT2D eigenvalue weighted by molar-refractivity contribution is -0.384. The Morgan fingerprint density at radius 2 is 1.85 bits per heavy atom. The van der Waals surface area contributed by atoms with Crippen LogP contribution in [-0.4, -0.2) is 30.0 Å². The predicted molar refractivity (Wildman–Crippen MR) is 99.6 cm³/mol. The minimum absolute atomic E-state index is 0.0779. The summed E-state index contributed by atoms with van der Waals surface area (Å²) in [4.78, 5) is 34.7. The number of halogens is 2. The summed E-state index contributed by atoms with van der Waals surface area (Å²) in [7, 11) is 1.35. The fraction of sp³-hybridized carbons (Fsp3) is 0.176. The van der Waals surface area contributed by atoms with E-state index in [0.29, 0.717) is 0 Å². The molecule has 142 valence electrons. The first-order valence-corrected chi connectivity index (χ1v) is 8.28. The molecule has 0 bridgehead atoms. The maximum absolute atomic E-state index is 12.3. The Labute approximate surface area is 164 Å². The van der Waals surface area contributed by atoms with Crippen LogP contribution in [0.15, 0.2) is 36.4 Å². The highest BCUT2D eigenvalue weighted by Crippen LogP contribution is 2.29. The van der Waals surface area contributed by atoms with Crippen molar-refractivity contribution in [3.05, 3.63) is 62.1 Å². The van der Waals surface area contributed by atoms with Gasteiger partial charge in [-0.1, -0.05) is 23.2 Å². The number of non-ortho nitro benzene ring substituents is 1. The number of benzene rings is 2. The third kappa shape index (κ3) is 5.08. The number of rotatable bonds is 6. The van der Waals surface area contributed by atoms with Gasteiger partial charge in [0.05, 0.1) is 33.3 Å². The Morgan fingerprint density at radius 3 is 2.44 bits per heavy atom. The van der Waals surface area contributed by atoms with Crippen LogP contribution >= 0.6 is 23.2 Å². The van der Waals surface area contributed by atoms with Crippen molar-refractivity contribution in [2.24, 2.45) is 0 Å². The first kappa shape index (κ1) is 20.5. The minimum atomic E-state index is -1.18. The summed E-state index contributed by atoms with van der Waals surface area (Å²) >= 11 is 11.6. The van der Waals surface area contributed by atoms with Gasteiger partial charge in [0.1, 0.15) is 5.75 Å². The van der Waals surface area contributed by atoms with Crippen molar-refractivity contribution in [2.45, 2.75) is 13.0 Å². The highest BCUT2D eigenvalue weighted by Gasteiger charge is 2.22. The van der Waals surface area contributed by atoms with Gasteiger partial charge in [-0.3, -0.25) is 14.9 Å². The van der Waals surface area contributed by atoms with E-state index < -0.39 is 22.9 Å². The minimum Gasteiger partial charge on any atom is -0.495 e. The number of hydrogen-bond acceptors (Lipinski definition) is 6. The van der Waals surface area contributed by atoms with Gasteiger partial charge in [-0.15, -0.1) is 0 Å². The van der Waals surface area contributed by atoms with E-state index in [1.54, 1.807) is 0 Å². The Bertz CT molecular complexity index is 903. The summed E-state index contributed by atoms with van der Waals surface area (Å²) in [5.41, 5.74) is -0.0299. The average molecular weight is 413 g/mol. The second-order valence-corrected chi connectivity index (χ2v) is 6.12. The molecule has 2 rings (SSSR count). The zero-order valence-corrected chi connectivity index (χ0v) is 15.7. The molecule has 0 spiro atoms. The lowest BCUT2D eigenvalue weighted by Gasteiger charge is -2.15. The van der Waals surface area contributed by atoms with Crippen LogP contribution in [0.3, 0.4) is 0 Å². The zero-order chi connectivity index (χ0) is 20.1.